The van der Waals surface area contributed by atoms with Crippen LogP contribution in [0, 0.1) is 21.7 Å². The van der Waals surface area contributed by atoms with Crippen LogP contribution in [0.15, 0.2) is 12.1 Å². The molecule has 1 N–H and O–H groups in total. The van der Waals surface area contributed by atoms with Gasteiger partial charge in [-0.05, 0) is 6.07 Å². The number of nitro groups is 1. The molecule has 1 aliphatic heterocycles. The number of rotatable bonds is 3. The second-order valence-electron chi connectivity index (χ2n) is 3.91. The van der Waals surface area contributed by atoms with Gasteiger partial charge < -0.3 is 10.2 Å². The summed E-state index contributed by atoms with van der Waals surface area (Å²) in [5, 5.41) is 13.8. The zero-order chi connectivity index (χ0) is 12.6. The Kier molecular flexibility index (Phi) is 2.93. The second-order valence-corrected chi connectivity index (χ2v) is 3.91. The van der Waals surface area contributed by atoms with E-state index in [4.69, 9.17) is 0 Å². The zero-order valence-corrected chi connectivity index (χ0v) is 9.11. The number of hydrogen-bond acceptors (Lipinski definition) is 4. The summed E-state index contributed by atoms with van der Waals surface area (Å²) < 4.78 is 26.8. The maximum atomic E-state index is 13.7. The van der Waals surface area contributed by atoms with Crippen LogP contribution in [0.4, 0.5) is 20.2 Å². The molecule has 1 saturated heterocycles. The fraction of sp³-hybridized carbons (Fsp3) is 0.400. The maximum Gasteiger partial charge on any atom is 0.295 e. The predicted molar refractivity (Wildman–Crippen MR) is 58.1 cm³/mol. The quantitative estimate of drug-likeness (QED) is 0.641. The number of halogens is 2. The maximum absolute atomic E-state index is 13.7. The molecule has 2 rings (SSSR count). The van der Waals surface area contributed by atoms with Gasteiger partial charge in [-0.1, -0.05) is 0 Å². The van der Waals surface area contributed by atoms with Gasteiger partial charge in [-0.15, -0.1) is 0 Å². The van der Waals surface area contributed by atoms with Crippen LogP contribution in [0.2, 0.25) is 0 Å². The van der Waals surface area contributed by atoms with E-state index in [1.165, 1.54) is 11.9 Å². The summed E-state index contributed by atoms with van der Waals surface area (Å²) in [5.41, 5.74) is -0.709. The Labute approximate surface area is 96.2 Å². The van der Waals surface area contributed by atoms with Crippen molar-refractivity contribution in [3.05, 3.63) is 33.9 Å². The lowest BCUT2D eigenvalue weighted by atomic mass is 10.1. The van der Waals surface area contributed by atoms with E-state index in [9.17, 15) is 18.9 Å². The Bertz CT molecular complexity index is 463. The summed E-state index contributed by atoms with van der Waals surface area (Å²) in [7, 11) is 1.52. The Morgan fingerprint density at radius 3 is 2.59 bits per heavy atom. The van der Waals surface area contributed by atoms with E-state index in [0.717, 1.165) is 12.1 Å². The number of nitrogens with zero attached hydrogens (tertiary/aromatic N) is 2. The number of nitrogens with one attached hydrogen (secondary N) is 1. The van der Waals surface area contributed by atoms with Crippen molar-refractivity contribution in [2.45, 2.75) is 6.04 Å². The van der Waals surface area contributed by atoms with Gasteiger partial charge in [-0.25, -0.2) is 8.78 Å². The van der Waals surface area contributed by atoms with Crippen LogP contribution in [0.1, 0.15) is 0 Å². The van der Waals surface area contributed by atoms with E-state index in [-0.39, 0.29) is 11.7 Å². The molecule has 7 heteroatoms. The monoisotopic (exact) mass is 243 g/mol. The average molecular weight is 243 g/mol. The van der Waals surface area contributed by atoms with Gasteiger partial charge in [0, 0.05) is 26.2 Å². The fourth-order valence-corrected chi connectivity index (χ4v) is 1.74. The van der Waals surface area contributed by atoms with E-state index in [1.54, 1.807) is 0 Å². The first-order valence-corrected chi connectivity index (χ1v) is 5.08. The lowest BCUT2D eigenvalue weighted by molar-refractivity contribution is -0.384. The second kappa shape index (κ2) is 4.25. The minimum Gasteiger partial charge on any atom is -0.361 e. The van der Waals surface area contributed by atoms with Gasteiger partial charge in [0.2, 0.25) is 0 Å². The van der Waals surface area contributed by atoms with Crippen molar-refractivity contribution in [1.82, 2.24) is 5.32 Å². The third-order valence-corrected chi connectivity index (χ3v) is 2.90. The SMILES string of the molecule is CN(c1c([N+](=O)[O-])ccc(F)c1F)C1CNC1. The average Bonchev–Trinajstić information content (AvgIpc) is 2.18. The normalized spacial score (nSPS) is 15.5. The molecule has 0 radical (unpaired) electrons. The number of nitro benzene ring substituents is 1. The molecule has 0 amide bonds. The smallest absolute Gasteiger partial charge is 0.295 e. The first-order valence-electron chi connectivity index (χ1n) is 5.08. The van der Waals surface area contributed by atoms with Crippen LogP contribution in [0.25, 0.3) is 0 Å². The molecule has 1 aromatic carbocycles. The van der Waals surface area contributed by atoms with Crippen molar-refractivity contribution in [2.75, 3.05) is 25.0 Å². The van der Waals surface area contributed by atoms with Crippen molar-refractivity contribution in [2.24, 2.45) is 0 Å². The lowest BCUT2D eigenvalue weighted by Gasteiger charge is -2.36. The van der Waals surface area contributed by atoms with Crippen molar-refractivity contribution in [3.63, 3.8) is 0 Å². The van der Waals surface area contributed by atoms with Crippen molar-refractivity contribution >= 4 is 11.4 Å². The largest absolute Gasteiger partial charge is 0.361 e. The van der Waals surface area contributed by atoms with E-state index < -0.39 is 22.2 Å². The molecule has 1 fully saturated rings. The summed E-state index contributed by atoms with van der Waals surface area (Å²) in [6.07, 6.45) is 0. The molecule has 0 spiro atoms. The molecule has 0 aliphatic carbocycles. The number of hydrogen-bond donors (Lipinski definition) is 1. The van der Waals surface area contributed by atoms with Crippen LogP contribution >= 0.6 is 0 Å². The topological polar surface area (TPSA) is 58.4 Å². The molecular weight excluding hydrogens is 232 g/mol. The molecule has 0 bridgehead atoms. The molecule has 0 saturated carbocycles. The molecule has 0 atom stereocenters. The van der Waals surface area contributed by atoms with Gasteiger partial charge in [0.25, 0.3) is 5.69 Å². The molecule has 0 aromatic heterocycles. The van der Waals surface area contributed by atoms with Crippen LogP contribution in [0.5, 0.6) is 0 Å². The highest BCUT2D eigenvalue weighted by molar-refractivity contribution is 5.64. The first-order chi connectivity index (χ1) is 8.02. The highest BCUT2D eigenvalue weighted by atomic mass is 19.2. The van der Waals surface area contributed by atoms with E-state index in [2.05, 4.69) is 5.32 Å². The molecule has 1 heterocycles. The third-order valence-electron chi connectivity index (χ3n) is 2.90. The molecule has 1 aliphatic rings. The standard InChI is InChI=1S/C10H11F2N3O2/c1-14(6-4-13-5-6)10-8(15(16)17)3-2-7(11)9(10)12/h2-3,6,13H,4-5H2,1H3. The van der Waals surface area contributed by atoms with Crippen molar-refractivity contribution in [3.8, 4) is 0 Å². The number of benzene rings is 1. The summed E-state index contributed by atoms with van der Waals surface area (Å²) in [4.78, 5) is 11.5. The van der Waals surface area contributed by atoms with Crippen molar-refractivity contribution in [1.29, 1.82) is 0 Å². The minimum atomic E-state index is -1.17. The van der Waals surface area contributed by atoms with Gasteiger partial charge in [-0.2, -0.15) is 0 Å². The minimum absolute atomic E-state index is 0.0509. The molecule has 17 heavy (non-hydrogen) atoms. The first kappa shape index (κ1) is 11.7. The number of likely N-dealkylation sites (N-methyl/N-ethyl adjacent to an activating group) is 1. The summed E-state index contributed by atoms with van der Waals surface area (Å²) in [6, 6.07) is 1.70. The van der Waals surface area contributed by atoms with Gasteiger partial charge in [0.15, 0.2) is 17.3 Å². The molecule has 92 valence electrons. The van der Waals surface area contributed by atoms with Crippen LogP contribution < -0.4 is 10.2 Å². The lowest BCUT2D eigenvalue weighted by Crippen LogP contribution is -2.56. The fourth-order valence-electron chi connectivity index (χ4n) is 1.74. The van der Waals surface area contributed by atoms with Gasteiger partial charge in [0.1, 0.15) is 0 Å². The number of anilines is 1. The van der Waals surface area contributed by atoms with E-state index >= 15 is 0 Å². The van der Waals surface area contributed by atoms with Gasteiger partial charge >= 0.3 is 0 Å². The molecule has 0 unspecified atom stereocenters. The molecule has 1 aromatic rings. The Hall–Kier alpha value is -1.76. The van der Waals surface area contributed by atoms with Gasteiger partial charge in [0.05, 0.1) is 11.0 Å². The highest BCUT2D eigenvalue weighted by Gasteiger charge is 2.31. The highest BCUT2D eigenvalue weighted by Crippen LogP contribution is 2.33. The van der Waals surface area contributed by atoms with Crippen molar-refractivity contribution < 1.29 is 13.7 Å². The molecule has 5 nitrogen and oxygen atoms in total. The predicted octanol–water partition coefficient (Wildman–Crippen LogP) is 1.28. The van der Waals surface area contributed by atoms with E-state index in [0.29, 0.717) is 13.1 Å². The Morgan fingerprint density at radius 2 is 2.12 bits per heavy atom. The Morgan fingerprint density at radius 1 is 1.47 bits per heavy atom. The molecular formula is C10H11F2N3O2. The summed E-state index contributed by atoms with van der Waals surface area (Å²) in [5.74, 6) is -2.25. The summed E-state index contributed by atoms with van der Waals surface area (Å²) >= 11 is 0. The van der Waals surface area contributed by atoms with Crippen LogP contribution in [-0.4, -0.2) is 31.1 Å². The van der Waals surface area contributed by atoms with E-state index in [1.807, 2.05) is 0 Å². The van der Waals surface area contributed by atoms with Crippen LogP contribution in [-0.2, 0) is 0 Å². The summed E-state index contributed by atoms with van der Waals surface area (Å²) in [6.45, 7) is 1.20. The van der Waals surface area contributed by atoms with Crippen LogP contribution in [0.3, 0.4) is 0 Å². The third kappa shape index (κ3) is 1.93. The Balaban J connectivity index is 2.48. The van der Waals surface area contributed by atoms with Gasteiger partial charge in [-0.3, -0.25) is 10.1 Å². The zero-order valence-electron chi connectivity index (χ0n) is 9.11.